The SMILES string of the molecule is COc1cc(OC)cc(C(=O)NCCN(C(C)=O)C2CCCC2)c1. The maximum atomic E-state index is 12.3. The lowest BCUT2D eigenvalue weighted by Crippen LogP contribution is -2.42. The van der Waals surface area contributed by atoms with Gasteiger partial charge < -0.3 is 19.7 Å². The maximum Gasteiger partial charge on any atom is 0.251 e. The van der Waals surface area contributed by atoms with Gasteiger partial charge in [0.15, 0.2) is 0 Å². The summed E-state index contributed by atoms with van der Waals surface area (Å²) in [6.07, 6.45) is 4.45. The van der Waals surface area contributed by atoms with Crippen molar-refractivity contribution < 1.29 is 19.1 Å². The summed E-state index contributed by atoms with van der Waals surface area (Å²) in [5.74, 6) is 0.993. The zero-order valence-corrected chi connectivity index (χ0v) is 14.6. The van der Waals surface area contributed by atoms with E-state index in [0.717, 1.165) is 12.8 Å². The van der Waals surface area contributed by atoms with Crippen LogP contribution >= 0.6 is 0 Å². The topological polar surface area (TPSA) is 67.9 Å². The Labute approximate surface area is 143 Å². The molecular formula is C18H26N2O4. The van der Waals surface area contributed by atoms with E-state index in [1.165, 1.54) is 12.8 Å². The molecule has 1 fully saturated rings. The van der Waals surface area contributed by atoms with Gasteiger partial charge in [-0.1, -0.05) is 12.8 Å². The third kappa shape index (κ3) is 4.63. The van der Waals surface area contributed by atoms with Crippen LogP contribution in [0.25, 0.3) is 0 Å². The van der Waals surface area contributed by atoms with E-state index in [9.17, 15) is 9.59 Å². The van der Waals surface area contributed by atoms with Crippen molar-refractivity contribution in [3.05, 3.63) is 23.8 Å². The number of amides is 2. The van der Waals surface area contributed by atoms with Gasteiger partial charge in [0, 0.05) is 37.7 Å². The molecule has 0 unspecified atom stereocenters. The third-order valence-electron chi connectivity index (χ3n) is 4.42. The van der Waals surface area contributed by atoms with Gasteiger partial charge in [-0.05, 0) is 25.0 Å². The van der Waals surface area contributed by atoms with Crippen molar-refractivity contribution in [3.8, 4) is 11.5 Å². The monoisotopic (exact) mass is 334 g/mol. The number of rotatable bonds is 7. The fraction of sp³-hybridized carbons (Fsp3) is 0.556. The minimum Gasteiger partial charge on any atom is -0.497 e. The second-order valence-electron chi connectivity index (χ2n) is 6.01. The van der Waals surface area contributed by atoms with Gasteiger partial charge in [0.1, 0.15) is 11.5 Å². The van der Waals surface area contributed by atoms with Crippen LogP contribution in [0.4, 0.5) is 0 Å². The van der Waals surface area contributed by atoms with Crippen molar-refractivity contribution in [2.24, 2.45) is 0 Å². The molecule has 2 rings (SSSR count). The summed E-state index contributed by atoms with van der Waals surface area (Å²) in [4.78, 5) is 26.0. The average Bonchev–Trinajstić information content (AvgIpc) is 3.11. The molecule has 1 saturated carbocycles. The summed E-state index contributed by atoms with van der Waals surface area (Å²) in [5, 5.41) is 2.87. The minimum absolute atomic E-state index is 0.0687. The normalized spacial score (nSPS) is 14.3. The molecule has 0 heterocycles. The first kappa shape index (κ1) is 18.1. The first-order valence-corrected chi connectivity index (χ1v) is 8.33. The Bertz CT molecular complexity index is 560. The van der Waals surface area contributed by atoms with Crippen LogP contribution in [-0.4, -0.2) is 50.1 Å². The minimum atomic E-state index is -0.206. The van der Waals surface area contributed by atoms with E-state index in [-0.39, 0.29) is 11.8 Å². The molecule has 0 saturated heterocycles. The molecular weight excluding hydrogens is 308 g/mol. The second-order valence-corrected chi connectivity index (χ2v) is 6.01. The van der Waals surface area contributed by atoms with Gasteiger partial charge in [0.05, 0.1) is 14.2 Å². The fourth-order valence-electron chi connectivity index (χ4n) is 3.14. The summed E-state index contributed by atoms with van der Waals surface area (Å²) >= 11 is 0. The number of ether oxygens (including phenoxy) is 2. The van der Waals surface area contributed by atoms with E-state index in [2.05, 4.69) is 5.32 Å². The number of nitrogens with one attached hydrogen (secondary N) is 1. The summed E-state index contributed by atoms with van der Waals surface area (Å²) in [6, 6.07) is 5.36. The molecule has 0 atom stereocenters. The quantitative estimate of drug-likeness (QED) is 0.830. The Balaban J connectivity index is 1.93. The van der Waals surface area contributed by atoms with E-state index in [4.69, 9.17) is 9.47 Å². The lowest BCUT2D eigenvalue weighted by atomic mass is 10.2. The van der Waals surface area contributed by atoms with Crippen LogP contribution in [-0.2, 0) is 4.79 Å². The molecule has 1 aliphatic carbocycles. The Morgan fingerprint density at radius 3 is 2.21 bits per heavy atom. The zero-order valence-electron chi connectivity index (χ0n) is 14.6. The number of hydrogen-bond donors (Lipinski definition) is 1. The predicted molar refractivity (Wildman–Crippen MR) is 91.5 cm³/mol. The van der Waals surface area contributed by atoms with Crippen LogP contribution < -0.4 is 14.8 Å². The molecule has 1 aromatic carbocycles. The highest BCUT2D eigenvalue weighted by atomic mass is 16.5. The Kier molecular flexibility index (Phi) is 6.46. The molecule has 0 bridgehead atoms. The van der Waals surface area contributed by atoms with Crippen molar-refractivity contribution >= 4 is 11.8 Å². The molecule has 6 heteroatoms. The van der Waals surface area contributed by atoms with Gasteiger partial charge >= 0.3 is 0 Å². The number of nitrogens with zero attached hydrogens (tertiary/aromatic N) is 1. The van der Waals surface area contributed by atoms with Crippen molar-refractivity contribution in [1.29, 1.82) is 0 Å². The van der Waals surface area contributed by atoms with Gasteiger partial charge in [0.25, 0.3) is 5.91 Å². The molecule has 24 heavy (non-hydrogen) atoms. The number of benzene rings is 1. The van der Waals surface area contributed by atoms with Crippen LogP contribution in [0.5, 0.6) is 11.5 Å². The van der Waals surface area contributed by atoms with Crippen molar-refractivity contribution in [2.75, 3.05) is 27.3 Å². The van der Waals surface area contributed by atoms with E-state index in [0.29, 0.717) is 36.2 Å². The molecule has 132 valence electrons. The van der Waals surface area contributed by atoms with E-state index in [1.54, 1.807) is 39.3 Å². The summed E-state index contributed by atoms with van der Waals surface area (Å²) in [7, 11) is 3.09. The molecule has 1 aliphatic rings. The van der Waals surface area contributed by atoms with Gasteiger partial charge in [-0.2, -0.15) is 0 Å². The first-order chi connectivity index (χ1) is 11.5. The number of carbonyl (C=O) groups excluding carboxylic acids is 2. The van der Waals surface area contributed by atoms with E-state index >= 15 is 0 Å². The standard InChI is InChI=1S/C18H26N2O4/c1-13(21)20(15-6-4-5-7-15)9-8-19-18(22)14-10-16(23-2)12-17(11-14)24-3/h10-12,15H,4-9H2,1-3H3,(H,19,22). The highest BCUT2D eigenvalue weighted by molar-refractivity contribution is 5.95. The van der Waals surface area contributed by atoms with Gasteiger partial charge in [-0.25, -0.2) is 0 Å². The smallest absolute Gasteiger partial charge is 0.251 e. The summed E-state index contributed by atoms with van der Waals surface area (Å²) in [6.45, 7) is 2.55. The van der Waals surface area contributed by atoms with Crippen LogP contribution in [0.3, 0.4) is 0 Å². The Morgan fingerprint density at radius 1 is 1.12 bits per heavy atom. The van der Waals surface area contributed by atoms with Crippen molar-refractivity contribution in [3.63, 3.8) is 0 Å². The summed E-state index contributed by atoms with van der Waals surface area (Å²) in [5.41, 5.74) is 0.474. The highest BCUT2D eigenvalue weighted by Gasteiger charge is 2.24. The van der Waals surface area contributed by atoms with Crippen molar-refractivity contribution in [1.82, 2.24) is 10.2 Å². The Hall–Kier alpha value is -2.24. The van der Waals surface area contributed by atoms with Gasteiger partial charge in [0.2, 0.25) is 5.91 Å². The summed E-state index contributed by atoms with van der Waals surface area (Å²) < 4.78 is 10.4. The molecule has 2 amide bonds. The molecule has 0 radical (unpaired) electrons. The molecule has 1 aromatic rings. The van der Waals surface area contributed by atoms with Crippen LogP contribution in [0.1, 0.15) is 43.0 Å². The van der Waals surface area contributed by atoms with E-state index in [1.807, 2.05) is 4.90 Å². The third-order valence-corrected chi connectivity index (χ3v) is 4.42. The molecule has 1 N–H and O–H groups in total. The lowest BCUT2D eigenvalue weighted by Gasteiger charge is -2.27. The maximum absolute atomic E-state index is 12.3. The van der Waals surface area contributed by atoms with Crippen LogP contribution in [0.2, 0.25) is 0 Å². The fourth-order valence-corrected chi connectivity index (χ4v) is 3.14. The van der Waals surface area contributed by atoms with Crippen LogP contribution in [0, 0.1) is 0 Å². The van der Waals surface area contributed by atoms with Crippen LogP contribution in [0.15, 0.2) is 18.2 Å². The first-order valence-electron chi connectivity index (χ1n) is 8.33. The van der Waals surface area contributed by atoms with Gasteiger partial charge in [-0.3, -0.25) is 9.59 Å². The average molecular weight is 334 g/mol. The number of methoxy groups -OCH3 is 2. The lowest BCUT2D eigenvalue weighted by molar-refractivity contribution is -0.130. The predicted octanol–water partition coefficient (Wildman–Crippen LogP) is 2.22. The largest absolute Gasteiger partial charge is 0.497 e. The zero-order chi connectivity index (χ0) is 17.5. The highest BCUT2D eigenvalue weighted by Crippen LogP contribution is 2.24. The molecule has 0 aliphatic heterocycles. The molecule has 6 nitrogen and oxygen atoms in total. The number of carbonyl (C=O) groups is 2. The van der Waals surface area contributed by atoms with Crippen molar-refractivity contribution in [2.45, 2.75) is 38.6 Å². The van der Waals surface area contributed by atoms with Gasteiger partial charge in [-0.15, -0.1) is 0 Å². The Morgan fingerprint density at radius 2 is 1.71 bits per heavy atom. The molecule has 0 spiro atoms. The van der Waals surface area contributed by atoms with E-state index < -0.39 is 0 Å². The molecule has 0 aromatic heterocycles. The number of hydrogen-bond acceptors (Lipinski definition) is 4. The second kappa shape index (κ2) is 8.57.